The molecule has 2 aromatic carbocycles. The maximum atomic E-state index is 9.40. The summed E-state index contributed by atoms with van der Waals surface area (Å²) in [5.41, 5.74) is 3.18. The van der Waals surface area contributed by atoms with E-state index in [1.165, 1.54) is 5.56 Å². The Balaban J connectivity index is 1.45. The maximum absolute atomic E-state index is 9.40. The van der Waals surface area contributed by atoms with E-state index in [1.54, 1.807) is 6.20 Å². The van der Waals surface area contributed by atoms with E-state index in [4.69, 9.17) is 9.47 Å². The van der Waals surface area contributed by atoms with Crippen molar-refractivity contribution < 1.29 is 14.6 Å². The first-order valence-electron chi connectivity index (χ1n) is 9.33. The predicted molar refractivity (Wildman–Crippen MR) is 112 cm³/mol. The molecule has 0 aliphatic carbocycles. The molecule has 5 nitrogen and oxygen atoms in total. The lowest BCUT2D eigenvalue weighted by atomic mass is 9.97. The van der Waals surface area contributed by atoms with Gasteiger partial charge in [0.1, 0.15) is 18.1 Å². The third kappa shape index (κ3) is 5.64. The molecule has 1 aliphatic heterocycles. The van der Waals surface area contributed by atoms with Crippen molar-refractivity contribution in [3.05, 3.63) is 84.4 Å². The van der Waals surface area contributed by atoms with E-state index < -0.39 is 0 Å². The molecule has 146 valence electrons. The summed E-state index contributed by atoms with van der Waals surface area (Å²) in [5.74, 6) is 1.88. The minimum Gasteiger partial charge on any atom is -0.513 e. The van der Waals surface area contributed by atoms with Crippen LogP contribution in [0.3, 0.4) is 0 Å². The highest BCUT2D eigenvalue weighted by atomic mass is 16.5. The molecule has 1 aliphatic rings. The summed E-state index contributed by atoms with van der Waals surface area (Å²) >= 11 is 0. The zero-order valence-electron chi connectivity index (χ0n) is 16.1. The summed E-state index contributed by atoms with van der Waals surface area (Å²) < 4.78 is 11.5. The Morgan fingerprint density at radius 2 is 2.14 bits per heavy atom. The molecule has 1 unspecified atom stereocenters. The number of allylic oxidation sites excluding steroid dienone is 1. The number of rotatable bonds is 9. The second-order valence-electron chi connectivity index (χ2n) is 6.81. The van der Waals surface area contributed by atoms with Crippen molar-refractivity contribution in [3.63, 3.8) is 0 Å². The van der Waals surface area contributed by atoms with Crippen molar-refractivity contribution in [2.75, 3.05) is 13.2 Å². The van der Waals surface area contributed by atoms with Crippen LogP contribution in [0.2, 0.25) is 0 Å². The molecule has 0 radical (unpaired) electrons. The quantitative estimate of drug-likeness (QED) is 0.489. The first-order valence-corrected chi connectivity index (χ1v) is 9.33. The number of ether oxygens (including phenoxy) is 2. The molecule has 0 spiro atoms. The second-order valence-corrected chi connectivity index (χ2v) is 6.81. The van der Waals surface area contributed by atoms with Crippen LogP contribution in [0.15, 0.2) is 78.3 Å². The van der Waals surface area contributed by atoms with Gasteiger partial charge in [0.25, 0.3) is 0 Å². The zero-order valence-corrected chi connectivity index (χ0v) is 16.1. The number of aliphatic hydroxyl groups excluding tert-OH is 1. The highest BCUT2D eigenvalue weighted by molar-refractivity contribution is 5.83. The summed E-state index contributed by atoms with van der Waals surface area (Å²) in [6, 6.07) is 16.0. The second kappa shape index (κ2) is 9.65. The van der Waals surface area contributed by atoms with Gasteiger partial charge in [0, 0.05) is 42.9 Å². The van der Waals surface area contributed by atoms with Gasteiger partial charge in [-0.25, -0.2) is 0 Å². The Labute approximate surface area is 166 Å². The number of hydrogen-bond donors (Lipinski definition) is 2. The maximum Gasteiger partial charge on any atom is 0.126 e. The molecule has 1 atom stereocenters. The van der Waals surface area contributed by atoms with Crippen LogP contribution in [0.4, 0.5) is 0 Å². The SMILES string of the molecule is C=C(O)CC1COc2cc(OCC(C)=N/C=C\NCc3ccccc3)ccc21. The average molecular weight is 378 g/mol. The zero-order chi connectivity index (χ0) is 19.8. The van der Waals surface area contributed by atoms with Gasteiger partial charge in [0.15, 0.2) is 0 Å². The summed E-state index contributed by atoms with van der Waals surface area (Å²) in [5, 5.41) is 12.6. The van der Waals surface area contributed by atoms with Crippen LogP contribution in [0.5, 0.6) is 11.5 Å². The van der Waals surface area contributed by atoms with Crippen molar-refractivity contribution in [1.82, 2.24) is 5.32 Å². The Morgan fingerprint density at radius 1 is 1.32 bits per heavy atom. The Bertz CT molecular complexity index is 859. The van der Waals surface area contributed by atoms with Crippen LogP contribution in [0.1, 0.15) is 30.4 Å². The first kappa shape index (κ1) is 19.5. The molecule has 28 heavy (non-hydrogen) atoms. The standard InChI is InChI=1S/C23H26N2O3/c1-17(25-11-10-24-14-19-6-4-3-5-7-19)15-27-21-8-9-22-20(12-18(2)26)16-28-23(22)13-21/h3-11,13,20,24,26H,2,12,14-16H2,1H3/b11-10-,25-17?. The van der Waals surface area contributed by atoms with Crippen LogP contribution in [0, 0.1) is 0 Å². The number of nitrogens with zero attached hydrogens (tertiary/aromatic N) is 1. The molecule has 5 heteroatoms. The summed E-state index contributed by atoms with van der Waals surface area (Å²) in [7, 11) is 0. The van der Waals surface area contributed by atoms with Crippen LogP contribution in [0.25, 0.3) is 0 Å². The molecule has 2 N–H and O–H groups in total. The first-order chi connectivity index (χ1) is 13.6. The Hall–Kier alpha value is -3.21. The van der Waals surface area contributed by atoms with Crippen molar-refractivity contribution in [3.8, 4) is 11.5 Å². The minimum atomic E-state index is 0.151. The van der Waals surface area contributed by atoms with Gasteiger partial charge in [0.2, 0.25) is 0 Å². The summed E-state index contributed by atoms with van der Waals surface area (Å²) in [6.45, 7) is 7.21. The molecular formula is C23H26N2O3. The summed E-state index contributed by atoms with van der Waals surface area (Å²) in [6.07, 6.45) is 4.08. The molecular weight excluding hydrogens is 352 g/mol. The molecule has 0 fully saturated rings. The van der Waals surface area contributed by atoms with Crippen molar-refractivity contribution in [2.45, 2.75) is 25.8 Å². The number of benzene rings is 2. The van der Waals surface area contributed by atoms with E-state index in [1.807, 2.05) is 49.5 Å². The molecule has 3 rings (SSSR count). The molecule has 0 amide bonds. The number of aliphatic hydroxyl groups is 1. The van der Waals surface area contributed by atoms with Gasteiger partial charge in [0.05, 0.1) is 18.1 Å². The topological polar surface area (TPSA) is 63.1 Å². The van der Waals surface area contributed by atoms with Gasteiger partial charge in [-0.15, -0.1) is 0 Å². The number of nitrogens with one attached hydrogen (secondary N) is 1. The van der Waals surface area contributed by atoms with Crippen LogP contribution < -0.4 is 14.8 Å². The monoisotopic (exact) mass is 378 g/mol. The lowest BCUT2D eigenvalue weighted by Crippen LogP contribution is -2.07. The van der Waals surface area contributed by atoms with Gasteiger partial charge in [-0.1, -0.05) is 43.0 Å². The number of hydrogen-bond acceptors (Lipinski definition) is 5. The molecule has 0 bridgehead atoms. The largest absolute Gasteiger partial charge is 0.513 e. The van der Waals surface area contributed by atoms with Crippen LogP contribution in [-0.2, 0) is 6.54 Å². The van der Waals surface area contributed by atoms with E-state index >= 15 is 0 Å². The van der Waals surface area contributed by atoms with E-state index in [0.29, 0.717) is 19.6 Å². The average Bonchev–Trinajstić information content (AvgIpc) is 3.08. The fourth-order valence-electron chi connectivity index (χ4n) is 3.02. The fraction of sp³-hybridized carbons (Fsp3) is 0.261. The highest BCUT2D eigenvalue weighted by Crippen LogP contribution is 2.39. The predicted octanol–water partition coefficient (Wildman–Crippen LogP) is 4.73. The van der Waals surface area contributed by atoms with Crippen molar-refractivity contribution in [1.29, 1.82) is 0 Å². The normalized spacial score (nSPS) is 15.9. The Morgan fingerprint density at radius 3 is 2.93 bits per heavy atom. The number of aliphatic imine (C=N–C) groups is 1. The van der Waals surface area contributed by atoms with Gasteiger partial charge in [-0.3, -0.25) is 4.99 Å². The van der Waals surface area contributed by atoms with Crippen molar-refractivity contribution >= 4 is 5.71 Å². The third-order valence-electron chi connectivity index (χ3n) is 4.43. The fourth-order valence-corrected chi connectivity index (χ4v) is 3.02. The van der Waals surface area contributed by atoms with E-state index in [0.717, 1.165) is 29.3 Å². The highest BCUT2D eigenvalue weighted by Gasteiger charge is 2.25. The minimum absolute atomic E-state index is 0.151. The van der Waals surface area contributed by atoms with Crippen LogP contribution in [-0.4, -0.2) is 24.0 Å². The lowest BCUT2D eigenvalue weighted by molar-refractivity contribution is 0.307. The van der Waals surface area contributed by atoms with Crippen molar-refractivity contribution in [2.24, 2.45) is 4.99 Å². The van der Waals surface area contributed by atoms with Gasteiger partial charge in [-0.2, -0.15) is 0 Å². The van der Waals surface area contributed by atoms with Crippen LogP contribution >= 0.6 is 0 Å². The van der Waals surface area contributed by atoms with E-state index in [2.05, 4.69) is 29.0 Å². The van der Waals surface area contributed by atoms with E-state index in [9.17, 15) is 5.11 Å². The Kier molecular flexibility index (Phi) is 6.73. The van der Waals surface area contributed by atoms with Gasteiger partial charge < -0.3 is 19.9 Å². The number of fused-ring (bicyclic) bond motifs is 1. The molecule has 1 heterocycles. The van der Waals surface area contributed by atoms with E-state index in [-0.39, 0.29) is 11.7 Å². The molecule has 2 aromatic rings. The lowest BCUT2D eigenvalue weighted by Gasteiger charge is -2.09. The molecule has 0 aromatic heterocycles. The molecule has 0 saturated carbocycles. The van der Waals surface area contributed by atoms with Gasteiger partial charge in [-0.05, 0) is 18.6 Å². The van der Waals surface area contributed by atoms with Gasteiger partial charge >= 0.3 is 0 Å². The smallest absolute Gasteiger partial charge is 0.126 e. The summed E-state index contributed by atoms with van der Waals surface area (Å²) in [4.78, 5) is 4.37. The third-order valence-corrected chi connectivity index (χ3v) is 4.43. The molecule has 0 saturated heterocycles.